The number of nitrogens with one attached hydrogen (secondary N) is 1. The first-order valence-corrected chi connectivity index (χ1v) is 8.40. The molecule has 0 aliphatic carbocycles. The summed E-state index contributed by atoms with van der Waals surface area (Å²) in [5, 5.41) is 13.3. The summed E-state index contributed by atoms with van der Waals surface area (Å²) in [6, 6.07) is 13.6. The summed E-state index contributed by atoms with van der Waals surface area (Å²) in [5.74, 6) is 0.859. The van der Waals surface area contributed by atoms with E-state index in [9.17, 15) is 5.11 Å². The van der Waals surface area contributed by atoms with Gasteiger partial charge in [-0.3, -0.25) is 0 Å². The zero-order valence-electron chi connectivity index (χ0n) is 14.4. The Morgan fingerprint density at radius 1 is 1.21 bits per heavy atom. The highest BCUT2D eigenvalue weighted by Crippen LogP contribution is 2.28. The number of rotatable bonds is 8. The second-order valence-corrected chi connectivity index (χ2v) is 6.47. The van der Waals surface area contributed by atoms with Crippen LogP contribution in [-0.2, 0) is 6.61 Å². The molecule has 5 heteroatoms. The predicted molar refractivity (Wildman–Crippen MR) is 99.9 cm³/mol. The Hall–Kier alpha value is -1.75. The van der Waals surface area contributed by atoms with Gasteiger partial charge in [0.05, 0.1) is 17.3 Å². The summed E-state index contributed by atoms with van der Waals surface area (Å²) in [7, 11) is 4.05. The molecule has 0 amide bonds. The van der Waals surface area contributed by atoms with Gasteiger partial charge in [0.25, 0.3) is 0 Å². The van der Waals surface area contributed by atoms with Crippen LogP contribution in [0.3, 0.4) is 0 Å². The van der Waals surface area contributed by atoms with Gasteiger partial charge in [-0.15, -0.1) is 0 Å². The lowest BCUT2D eigenvalue weighted by Gasteiger charge is -2.18. The first-order chi connectivity index (χ1) is 11.5. The Balaban J connectivity index is 2.05. The third-order valence-corrected chi connectivity index (χ3v) is 4.08. The molecule has 4 nitrogen and oxygen atoms in total. The molecule has 2 rings (SSSR count). The molecule has 0 bridgehead atoms. The maximum atomic E-state index is 9.27. The van der Waals surface area contributed by atoms with Crippen LogP contribution in [0.25, 0.3) is 0 Å². The van der Waals surface area contributed by atoms with Crippen molar-refractivity contribution in [2.24, 2.45) is 0 Å². The van der Waals surface area contributed by atoms with Crippen LogP contribution in [0.15, 0.2) is 42.5 Å². The van der Waals surface area contributed by atoms with E-state index in [1.165, 1.54) is 0 Å². The topological polar surface area (TPSA) is 44.7 Å². The largest absolute Gasteiger partial charge is 0.492 e. The first kappa shape index (κ1) is 18.6. The predicted octanol–water partition coefficient (Wildman–Crippen LogP) is 3.95. The molecule has 0 heterocycles. The molecule has 0 fully saturated rings. The van der Waals surface area contributed by atoms with Crippen LogP contribution in [0, 0.1) is 0 Å². The Morgan fingerprint density at radius 3 is 2.71 bits per heavy atom. The van der Waals surface area contributed by atoms with Gasteiger partial charge in [-0.25, -0.2) is 0 Å². The Bertz CT molecular complexity index is 662. The number of benzene rings is 2. The highest BCUT2D eigenvalue weighted by Gasteiger charge is 2.09. The van der Waals surface area contributed by atoms with Crippen LogP contribution in [0.4, 0.5) is 5.69 Å². The van der Waals surface area contributed by atoms with E-state index < -0.39 is 0 Å². The fourth-order valence-corrected chi connectivity index (χ4v) is 2.49. The number of hydrogen-bond donors (Lipinski definition) is 2. The van der Waals surface area contributed by atoms with Gasteiger partial charge in [0.1, 0.15) is 12.4 Å². The van der Waals surface area contributed by atoms with Crippen LogP contribution in [-0.4, -0.2) is 37.3 Å². The van der Waals surface area contributed by atoms with E-state index in [1.807, 2.05) is 44.4 Å². The third kappa shape index (κ3) is 5.41. The first-order valence-electron chi connectivity index (χ1n) is 8.03. The maximum Gasteiger partial charge on any atom is 0.119 e. The van der Waals surface area contributed by atoms with Gasteiger partial charge in [-0.2, -0.15) is 0 Å². The minimum atomic E-state index is -0.00453. The summed E-state index contributed by atoms with van der Waals surface area (Å²) < 4.78 is 5.79. The average Bonchev–Trinajstić information content (AvgIpc) is 2.56. The smallest absolute Gasteiger partial charge is 0.119 e. The summed E-state index contributed by atoms with van der Waals surface area (Å²) in [4.78, 5) is 2.09. The lowest BCUT2D eigenvalue weighted by atomic mass is 10.1. The van der Waals surface area contributed by atoms with E-state index in [-0.39, 0.29) is 12.6 Å². The van der Waals surface area contributed by atoms with E-state index in [0.29, 0.717) is 11.6 Å². The molecule has 2 N–H and O–H groups in total. The molecule has 0 saturated carbocycles. The number of ether oxygens (including phenoxy) is 1. The number of nitrogens with zero attached hydrogens (tertiary/aromatic N) is 1. The van der Waals surface area contributed by atoms with Gasteiger partial charge >= 0.3 is 0 Å². The van der Waals surface area contributed by atoms with Gasteiger partial charge in [0.2, 0.25) is 0 Å². The molecular weight excluding hydrogens is 324 g/mol. The summed E-state index contributed by atoms with van der Waals surface area (Å²) in [6.07, 6.45) is 0. The van der Waals surface area contributed by atoms with E-state index in [0.717, 1.165) is 29.1 Å². The monoisotopic (exact) mass is 348 g/mol. The molecule has 0 aromatic heterocycles. The Labute approximate surface area is 149 Å². The maximum absolute atomic E-state index is 9.27. The molecular formula is C19H25ClN2O2. The fourth-order valence-electron chi connectivity index (χ4n) is 2.32. The van der Waals surface area contributed by atoms with E-state index in [4.69, 9.17) is 16.3 Å². The summed E-state index contributed by atoms with van der Waals surface area (Å²) in [5.41, 5.74) is 2.76. The fraction of sp³-hybridized carbons (Fsp3) is 0.368. The Kier molecular flexibility index (Phi) is 6.91. The lowest BCUT2D eigenvalue weighted by molar-refractivity contribution is 0.261. The molecule has 0 aliphatic rings. The van der Waals surface area contributed by atoms with E-state index >= 15 is 0 Å². The van der Waals surface area contributed by atoms with Crippen LogP contribution >= 0.6 is 11.6 Å². The molecule has 2 aromatic rings. The summed E-state index contributed by atoms with van der Waals surface area (Å²) in [6.45, 7) is 3.60. The molecule has 0 saturated heterocycles. The van der Waals surface area contributed by atoms with Crippen molar-refractivity contribution < 1.29 is 9.84 Å². The molecule has 0 spiro atoms. The van der Waals surface area contributed by atoms with Crippen molar-refractivity contribution in [3.63, 3.8) is 0 Å². The standard InChI is InChI=1S/C19H25ClN2O2/c1-14(21-19-11-15(13-23)7-8-18(19)20)16-5-4-6-17(12-16)24-10-9-22(2)3/h4-8,11-12,14,21,23H,9-10,13H2,1-3H3. The SMILES string of the molecule is CC(Nc1cc(CO)ccc1Cl)c1cccc(OCCN(C)C)c1. The number of aliphatic hydroxyl groups is 1. The van der Waals surface area contributed by atoms with Crippen molar-refractivity contribution in [1.82, 2.24) is 4.90 Å². The minimum absolute atomic E-state index is 0.00453. The molecule has 130 valence electrons. The highest BCUT2D eigenvalue weighted by atomic mass is 35.5. The molecule has 1 unspecified atom stereocenters. The number of halogens is 1. The van der Waals surface area contributed by atoms with Gasteiger partial charge < -0.3 is 20.1 Å². The average molecular weight is 349 g/mol. The van der Waals surface area contributed by atoms with Gasteiger partial charge in [0, 0.05) is 12.6 Å². The van der Waals surface area contributed by atoms with Crippen LogP contribution in [0.1, 0.15) is 24.1 Å². The van der Waals surface area contributed by atoms with Crippen molar-refractivity contribution in [3.8, 4) is 5.75 Å². The van der Waals surface area contributed by atoms with Gasteiger partial charge in [0.15, 0.2) is 0 Å². The molecule has 0 aliphatic heterocycles. The molecule has 24 heavy (non-hydrogen) atoms. The Morgan fingerprint density at radius 2 is 2.00 bits per heavy atom. The van der Waals surface area contributed by atoms with E-state index in [1.54, 1.807) is 6.07 Å². The molecule has 2 aromatic carbocycles. The van der Waals surface area contributed by atoms with Crippen LogP contribution < -0.4 is 10.1 Å². The van der Waals surface area contributed by atoms with E-state index in [2.05, 4.69) is 23.2 Å². The van der Waals surface area contributed by atoms with Crippen molar-refractivity contribution in [2.75, 3.05) is 32.6 Å². The normalized spacial score (nSPS) is 12.2. The zero-order chi connectivity index (χ0) is 17.5. The van der Waals surface area contributed by atoms with Crippen molar-refractivity contribution >= 4 is 17.3 Å². The number of likely N-dealkylation sites (N-methyl/N-ethyl adjacent to an activating group) is 1. The van der Waals surface area contributed by atoms with Crippen molar-refractivity contribution in [2.45, 2.75) is 19.6 Å². The van der Waals surface area contributed by atoms with Gasteiger partial charge in [-0.1, -0.05) is 29.8 Å². The number of aliphatic hydroxyl groups excluding tert-OH is 1. The van der Waals surface area contributed by atoms with Crippen LogP contribution in [0.5, 0.6) is 5.75 Å². The highest BCUT2D eigenvalue weighted by molar-refractivity contribution is 6.33. The van der Waals surface area contributed by atoms with Gasteiger partial charge in [-0.05, 0) is 56.4 Å². The number of hydrogen-bond acceptors (Lipinski definition) is 4. The van der Waals surface area contributed by atoms with Crippen molar-refractivity contribution in [3.05, 3.63) is 58.6 Å². The van der Waals surface area contributed by atoms with Crippen LogP contribution in [0.2, 0.25) is 5.02 Å². The summed E-state index contributed by atoms with van der Waals surface area (Å²) >= 11 is 6.24. The molecule has 1 atom stereocenters. The lowest BCUT2D eigenvalue weighted by Crippen LogP contribution is -2.19. The second kappa shape index (κ2) is 8.92. The molecule has 0 radical (unpaired) electrons. The zero-order valence-corrected chi connectivity index (χ0v) is 15.2. The number of anilines is 1. The second-order valence-electron chi connectivity index (χ2n) is 6.06. The third-order valence-electron chi connectivity index (χ3n) is 3.75. The minimum Gasteiger partial charge on any atom is -0.492 e. The quantitative estimate of drug-likeness (QED) is 0.758. The van der Waals surface area contributed by atoms with Crippen molar-refractivity contribution in [1.29, 1.82) is 0 Å².